The fraction of sp³-hybridized carbons (Fsp3) is 0.730. The zero-order valence-electron chi connectivity index (χ0n) is 29.3. The molecule has 47 heavy (non-hydrogen) atoms. The normalized spacial score (nSPS) is 43.3. The topological polar surface area (TPSA) is 131 Å². The maximum atomic E-state index is 13.6. The number of carbonyl (C=O) groups is 4. The summed E-state index contributed by atoms with van der Waals surface area (Å²) in [6, 6.07) is 1.96. The van der Waals surface area contributed by atoms with Gasteiger partial charge in [0.2, 0.25) is 0 Å². The molecule has 10 nitrogen and oxygen atoms in total. The first-order chi connectivity index (χ1) is 21.9. The Morgan fingerprint density at radius 3 is 2.17 bits per heavy atom. The maximum Gasteiger partial charge on any atom is 0.333 e. The van der Waals surface area contributed by atoms with E-state index in [-0.39, 0.29) is 36.2 Å². The smallest absolute Gasteiger partial charge is 0.333 e. The van der Waals surface area contributed by atoms with Crippen molar-refractivity contribution in [2.75, 3.05) is 0 Å². The van der Waals surface area contributed by atoms with E-state index in [1.807, 2.05) is 33.8 Å². The number of allylic oxidation sites excluding steroid dienone is 1. The van der Waals surface area contributed by atoms with Gasteiger partial charge in [0.05, 0.1) is 31.0 Å². The van der Waals surface area contributed by atoms with Crippen LogP contribution in [0.1, 0.15) is 106 Å². The Balaban J connectivity index is 1.61. The Morgan fingerprint density at radius 1 is 0.915 bits per heavy atom. The fourth-order valence-electron chi connectivity index (χ4n) is 10.9. The van der Waals surface area contributed by atoms with Crippen molar-refractivity contribution in [1.82, 2.24) is 0 Å². The standard InChI is InChI=1S/C37H50O10/c1-11-20(4)32(41)45-28-15-24-33(6,7)47-30(39)17-26(43-21(5)38)34(24,8)25-16-27(44-31(40)19(2)3)35(9)23(22-12-13-42-18-22)14-29-37(35,46-29)36(25,28)10/h11-13,18-19,23-29H,14-17H2,1-10H3/b20-11+/t23-,24+,25-,26-,27-,28+,29-,34-,35-,36-,37+/m0/s1. The lowest BCUT2D eigenvalue weighted by atomic mass is 9.37. The summed E-state index contributed by atoms with van der Waals surface area (Å²) in [4.78, 5) is 53.2. The monoisotopic (exact) mass is 654 g/mol. The van der Waals surface area contributed by atoms with Gasteiger partial charge >= 0.3 is 23.9 Å². The lowest BCUT2D eigenvalue weighted by Crippen LogP contribution is -2.74. The second-order valence-electron chi connectivity index (χ2n) is 16.0. The number of carbonyl (C=O) groups excluding carboxylic acids is 4. The van der Waals surface area contributed by atoms with Crippen LogP contribution in [0.15, 0.2) is 34.7 Å². The van der Waals surface area contributed by atoms with Crippen LogP contribution in [-0.2, 0) is 42.9 Å². The van der Waals surface area contributed by atoms with Gasteiger partial charge in [-0.3, -0.25) is 14.4 Å². The third kappa shape index (κ3) is 4.52. The van der Waals surface area contributed by atoms with Gasteiger partial charge in [-0.25, -0.2) is 4.79 Å². The average Bonchev–Trinajstić information content (AvgIpc) is 3.35. The molecule has 1 spiro atoms. The number of rotatable bonds is 6. The van der Waals surface area contributed by atoms with Gasteiger partial charge in [-0.2, -0.15) is 0 Å². The second-order valence-corrected chi connectivity index (χ2v) is 16.0. The van der Waals surface area contributed by atoms with Gasteiger partial charge in [0.1, 0.15) is 29.5 Å². The Labute approximate surface area is 277 Å². The summed E-state index contributed by atoms with van der Waals surface area (Å²) in [5.41, 5.74) is -2.83. The number of cyclic esters (lactones) is 1. The molecule has 2 saturated heterocycles. The molecule has 0 aromatic carbocycles. The Hall–Kier alpha value is -3.14. The molecule has 0 amide bonds. The number of hydrogen-bond donors (Lipinski definition) is 0. The summed E-state index contributed by atoms with van der Waals surface area (Å²) in [6.45, 7) is 18.6. The summed E-state index contributed by atoms with van der Waals surface area (Å²) in [6.07, 6.45) is 4.12. The molecule has 2 aliphatic heterocycles. The molecule has 0 radical (unpaired) electrons. The quantitative estimate of drug-likeness (QED) is 0.154. The summed E-state index contributed by atoms with van der Waals surface area (Å²) < 4.78 is 37.8. The first-order valence-corrected chi connectivity index (χ1v) is 17.0. The Morgan fingerprint density at radius 2 is 1.57 bits per heavy atom. The number of esters is 4. The molecular weight excluding hydrogens is 604 g/mol. The van der Waals surface area contributed by atoms with E-state index in [1.54, 1.807) is 32.4 Å². The van der Waals surface area contributed by atoms with E-state index < -0.39 is 69.6 Å². The lowest BCUT2D eigenvalue weighted by Gasteiger charge is -2.68. The molecule has 3 aliphatic carbocycles. The van der Waals surface area contributed by atoms with Crippen LogP contribution in [-0.4, -0.2) is 59.5 Å². The van der Waals surface area contributed by atoms with Gasteiger partial charge in [-0.1, -0.05) is 40.7 Å². The summed E-state index contributed by atoms with van der Waals surface area (Å²) >= 11 is 0. The van der Waals surface area contributed by atoms with E-state index in [1.165, 1.54) is 6.92 Å². The van der Waals surface area contributed by atoms with Gasteiger partial charge in [0, 0.05) is 40.6 Å². The third-order valence-electron chi connectivity index (χ3n) is 13.2. The SMILES string of the molecule is C/C=C(\C)C(=O)O[C@@H]1C[C@@H]2C(C)(C)OC(=O)C[C@H](OC(C)=O)[C@]2(C)[C@@H]2C[C@H](OC(=O)C(C)C)[C@]3(C)[C@H](c4ccoc4)C[C@@H]4O[C@]43[C@]12C. The van der Waals surface area contributed by atoms with Gasteiger partial charge in [-0.15, -0.1) is 0 Å². The molecule has 3 saturated carbocycles. The van der Waals surface area contributed by atoms with Gasteiger partial charge in [-0.05, 0) is 64.5 Å². The minimum atomic E-state index is -0.996. The first-order valence-electron chi connectivity index (χ1n) is 17.0. The first kappa shape index (κ1) is 33.7. The van der Waals surface area contributed by atoms with E-state index in [0.29, 0.717) is 24.8 Å². The van der Waals surface area contributed by atoms with E-state index in [0.717, 1.165) is 5.56 Å². The molecule has 1 aromatic rings. The van der Waals surface area contributed by atoms with Crippen LogP contribution in [0.3, 0.4) is 0 Å². The Bertz CT molecular complexity index is 1490. The van der Waals surface area contributed by atoms with Crippen LogP contribution in [0.4, 0.5) is 0 Å². The van der Waals surface area contributed by atoms with E-state index in [9.17, 15) is 19.2 Å². The molecule has 5 aliphatic rings. The van der Waals surface area contributed by atoms with Crippen LogP contribution < -0.4 is 0 Å². The molecule has 0 unspecified atom stereocenters. The van der Waals surface area contributed by atoms with Crippen molar-refractivity contribution in [3.05, 3.63) is 35.8 Å². The number of furan rings is 1. The predicted octanol–water partition coefficient (Wildman–Crippen LogP) is 6.07. The van der Waals surface area contributed by atoms with Crippen molar-refractivity contribution in [1.29, 1.82) is 0 Å². The number of fused-ring (bicyclic) bond motifs is 3. The summed E-state index contributed by atoms with van der Waals surface area (Å²) in [5, 5.41) is 0. The molecule has 0 bridgehead atoms. The molecule has 0 N–H and O–H groups in total. The van der Waals surface area contributed by atoms with Gasteiger partial charge in [0.15, 0.2) is 0 Å². The minimum absolute atomic E-state index is 0.0679. The van der Waals surface area contributed by atoms with Crippen LogP contribution in [0.25, 0.3) is 0 Å². The van der Waals surface area contributed by atoms with Crippen molar-refractivity contribution >= 4 is 23.9 Å². The van der Waals surface area contributed by atoms with Crippen LogP contribution >= 0.6 is 0 Å². The zero-order valence-corrected chi connectivity index (χ0v) is 29.3. The summed E-state index contributed by atoms with van der Waals surface area (Å²) in [7, 11) is 0. The highest BCUT2D eigenvalue weighted by Crippen LogP contribution is 2.82. The molecule has 5 fully saturated rings. The van der Waals surface area contributed by atoms with Crippen molar-refractivity contribution in [2.24, 2.45) is 34.0 Å². The molecule has 258 valence electrons. The molecule has 11 atom stereocenters. The highest BCUT2D eigenvalue weighted by atomic mass is 16.6. The molecule has 1 aromatic heterocycles. The third-order valence-corrected chi connectivity index (χ3v) is 13.2. The predicted molar refractivity (Wildman–Crippen MR) is 169 cm³/mol. The van der Waals surface area contributed by atoms with E-state index >= 15 is 0 Å². The van der Waals surface area contributed by atoms with Crippen molar-refractivity contribution < 1.29 is 47.3 Å². The molecular formula is C37H50O10. The summed E-state index contributed by atoms with van der Waals surface area (Å²) in [5.74, 6) is -2.90. The van der Waals surface area contributed by atoms with Crippen molar-refractivity contribution in [3.8, 4) is 0 Å². The molecule has 3 heterocycles. The number of epoxide rings is 1. The average molecular weight is 655 g/mol. The highest BCUT2D eigenvalue weighted by Gasteiger charge is 2.90. The van der Waals surface area contributed by atoms with Crippen LogP contribution in [0.5, 0.6) is 0 Å². The van der Waals surface area contributed by atoms with Crippen molar-refractivity contribution in [3.63, 3.8) is 0 Å². The van der Waals surface area contributed by atoms with Crippen LogP contribution in [0.2, 0.25) is 0 Å². The highest BCUT2D eigenvalue weighted by molar-refractivity contribution is 5.87. The second kappa shape index (κ2) is 10.9. The molecule has 10 heteroatoms. The number of hydrogen-bond acceptors (Lipinski definition) is 10. The maximum absolute atomic E-state index is 13.6. The van der Waals surface area contributed by atoms with Gasteiger partial charge < -0.3 is 28.1 Å². The Kier molecular flexibility index (Phi) is 7.85. The van der Waals surface area contributed by atoms with Crippen molar-refractivity contribution in [2.45, 2.75) is 136 Å². The minimum Gasteiger partial charge on any atom is -0.472 e. The van der Waals surface area contributed by atoms with Gasteiger partial charge in [0.25, 0.3) is 0 Å². The largest absolute Gasteiger partial charge is 0.472 e. The van der Waals surface area contributed by atoms with E-state index in [4.69, 9.17) is 28.1 Å². The fourth-order valence-corrected chi connectivity index (χ4v) is 10.9. The molecule has 6 rings (SSSR count). The zero-order chi connectivity index (χ0) is 34.5. The lowest BCUT2D eigenvalue weighted by molar-refractivity contribution is -0.284. The number of ether oxygens (including phenoxy) is 5. The van der Waals surface area contributed by atoms with E-state index in [2.05, 4.69) is 20.8 Å². The van der Waals surface area contributed by atoms with Crippen LogP contribution in [0, 0.1) is 34.0 Å².